The molecule has 1 heterocycles. The molecule has 1 aliphatic heterocycles. The maximum absolute atomic E-state index is 14.1. The summed E-state index contributed by atoms with van der Waals surface area (Å²) in [5.41, 5.74) is -2.36. The topological polar surface area (TPSA) is 101 Å². The second-order valence-electron chi connectivity index (χ2n) is 3.94. The van der Waals surface area contributed by atoms with E-state index in [0.29, 0.717) is 0 Å². The Bertz CT molecular complexity index is 344. The lowest BCUT2D eigenvalue weighted by Gasteiger charge is -2.24. The first-order valence-electron chi connectivity index (χ1n) is 5.30. The van der Waals surface area contributed by atoms with E-state index in [1.54, 1.807) is 0 Å². The minimum absolute atomic E-state index is 0.453. The van der Waals surface area contributed by atoms with Crippen LogP contribution in [-0.2, 0) is 23.7 Å². The lowest BCUT2D eigenvalue weighted by molar-refractivity contribution is -0.144. The zero-order valence-corrected chi connectivity index (χ0v) is 10.6. The SMILES string of the molecule is COC(=O)OC[C@H]1O[C@@H](O)[C@](C)(F)[C@@H]1OC(=O)OC. The molecule has 110 valence electrons. The van der Waals surface area contributed by atoms with Crippen LogP contribution in [0, 0.1) is 0 Å². The van der Waals surface area contributed by atoms with Gasteiger partial charge in [0, 0.05) is 0 Å². The van der Waals surface area contributed by atoms with Gasteiger partial charge < -0.3 is 28.8 Å². The summed E-state index contributed by atoms with van der Waals surface area (Å²) in [6.45, 7) is 0.536. The van der Waals surface area contributed by atoms with Gasteiger partial charge in [-0.25, -0.2) is 14.0 Å². The minimum Gasteiger partial charge on any atom is -0.438 e. The lowest BCUT2D eigenvalue weighted by Crippen LogP contribution is -2.45. The first-order chi connectivity index (χ1) is 8.82. The van der Waals surface area contributed by atoms with Crippen molar-refractivity contribution < 1.29 is 42.8 Å². The monoisotopic (exact) mass is 282 g/mol. The number of aliphatic hydroxyl groups excluding tert-OH is 1. The van der Waals surface area contributed by atoms with E-state index in [0.717, 1.165) is 21.1 Å². The molecular weight excluding hydrogens is 267 g/mol. The molecular formula is C10H15FO8. The molecule has 0 bridgehead atoms. The summed E-state index contributed by atoms with van der Waals surface area (Å²) in [5, 5.41) is 9.40. The Hall–Kier alpha value is -1.61. The maximum Gasteiger partial charge on any atom is 0.508 e. The fourth-order valence-corrected chi connectivity index (χ4v) is 1.55. The number of carbonyl (C=O) groups is 2. The highest BCUT2D eigenvalue weighted by Crippen LogP contribution is 2.35. The molecule has 8 nitrogen and oxygen atoms in total. The van der Waals surface area contributed by atoms with Gasteiger partial charge in [0.25, 0.3) is 0 Å². The van der Waals surface area contributed by atoms with Gasteiger partial charge in [0.15, 0.2) is 18.1 Å². The zero-order valence-electron chi connectivity index (χ0n) is 10.6. The fraction of sp³-hybridized carbons (Fsp3) is 0.800. The first kappa shape index (κ1) is 15.4. The average molecular weight is 282 g/mol. The van der Waals surface area contributed by atoms with Crippen LogP contribution in [0.5, 0.6) is 0 Å². The molecule has 1 rings (SSSR count). The van der Waals surface area contributed by atoms with Crippen molar-refractivity contribution >= 4 is 12.3 Å². The molecule has 0 radical (unpaired) electrons. The van der Waals surface area contributed by atoms with E-state index in [1.165, 1.54) is 0 Å². The van der Waals surface area contributed by atoms with E-state index >= 15 is 0 Å². The molecule has 1 N–H and O–H groups in total. The smallest absolute Gasteiger partial charge is 0.438 e. The highest BCUT2D eigenvalue weighted by atomic mass is 19.1. The molecule has 0 spiro atoms. The summed E-state index contributed by atoms with van der Waals surface area (Å²) in [7, 11) is 2.14. The fourth-order valence-electron chi connectivity index (χ4n) is 1.55. The third-order valence-corrected chi connectivity index (χ3v) is 2.60. The van der Waals surface area contributed by atoms with Crippen LogP contribution in [0.4, 0.5) is 14.0 Å². The number of alkyl halides is 1. The molecule has 0 saturated carbocycles. The molecule has 19 heavy (non-hydrogen) atoms. The van der Waals surface area contributed by atoms with Gasteiger partial charge in [-0.2, -0.15) is 0 Å². The highest BCUT2D eigenvalue weighted by molar-refractivity contribution is 5.60. The van der Waals surface area contributed by atoms with E-state index in [9.17, 15) is 19.1 Å². The Morgan fingerprint density at radius 3 is 2.42 bits per heavy atom. The zero-order chi connectivity index (χ0) is 14.6. The normalized spacial score (nSPS) is 33.6. The molecule has 0 aromatic rings. The third-order valence-electron chi connectivity index (χ3n) is 2.60. The summed E-state index contributed by atoms with van der Waals surface area (Å²) in [5.74, 6) is 0. The quantitative estimate of drug-likeness (QED) is 0.741. The van der Waals surface area contributed by atoms with E-state index in [4.69, 9.17) is 4.74 Å². The predicted molar refractivity (Wildman–Crippen MR) is 56.0 cm³/mol. The van der Waals surface area contributed by atoms with Crippen LogP contribution in [0.3, 0.4) is 0 Å². The van der Waals surface area contributed by atoms with Gasteiger partial charge >= 0.3 is 12.3 Å². The molecule has 0 aromatic carbocycles. The third kappa shape index (κ3) is 3.44. The molecule has 0 aromatic heterocycles. The molecule has 4 atom stereocenters. The molecule has 9 heteroatoms. The Morgan fingerprint density at radius 1 is 1.32 bits per heavy atom. The summed E-state index contributed by atoms with van der Waals surface area (Å²) in [4.78, 5) is 21.8. The minimum atomic E-state index is -2.36. The summed E-state index contributed by atoms with van der Waals surface area (Å²) in [6.07, 6.45) is -6.65. The van der Waals surface area contributed by atoms with Crippen molar-refractivity contribution in [1.29, 1.82) is 0 Å². The number of hydrogen-bond donors (Lipinski definition) is 1. The van der Waals surface area contributed by atoms with Crippen LogP contribution >= 0.6 is 0 Å². The van der Waals surface area contributed by atoms with Crippen molar-refractivity contribution in [3.05, 3.63) is 0 Å². The van der Waals surface area contributed by atoms with Gasteiger partial charge in [-0.05, 0) is 6.92 Å². The number of hydrogen-bond acceptors (Lipinski definition) is 8. The van der Waals surface area contributed by atoms with Gasteiger partial charge in [-0.15, -0.1) is 0 Å². The summed E-state index contributed by atoms with van der Waals surface area (Å²) in [6, 6.07) is 0. The van der Waals surface area contributed by atoms with Crippen molar-refractivity contribution in [1.82, 2.24) is 0 Å². The lowest BCUT2D eigenvalue weighted by atomic mass is 10.00. The molecule has 1 fully saturated rings. The first-order valence-corrected chi connectivity index (χ1v) is 5.30. The maximum atomic E-state index is 14.1. The Kier molecular flexibility index (Phi) is 4.90. The molecule has 0 amide bonds. The van der Waals surface area contributed by atoms with E-state index in [1.807, 2.05) is 0 Å². The van der Waals surface area contributed by atoms with E-state index in [2.05, 4.69) is 18.9 Å². The van der Waals surface area contributed by atoms with Crippen LogP contribution < -0.4 is 0 Å². The largest absolute Gasteiger partial charge is 0.508 e. The van der Waals surface area contributed by atoms with Crippen molar-refractivity contribution in [2.75, 3.05) is 20.8 Å². The van der Waals surface area contributed by atoms with Crippen molar-refractivity contribution in [3.8, 4) is 0 Å². The Labute approximate surface area is 108 Å². The number of rotatable bonds is 3. The second kappa shape index (κ2) is 6.02. The van der Waals surface area contributed by atoms with E-state index < -0.39 is 43.1 Å². The van der Waals surface area contributed by atoms with Gasteiger partial charge in [0.2, 0.25) is 0 Å². The predicted octanol–water partition coefficient (Wildman–Crippen LogP) is 0.366. The van der Waals surface area contributed by atoms with Gasteiger partial charge in [0.1, 0.15) is 12.7 Å². The van der Waals surface area contributed by atoms with Crippen molar-refractivity contribution in [2.24, 2.45) is 0 Å². The van der Waals surface area contributed by atoms with Crippen LogP contribution in [-0.4, -0.2) is 62.4 Å². The van der Waals surface area contributed by atoms with Crippen molar-refractivity contribution in [2.45, 2.75) is 31.1 Å². The van der Waals surface area contributed by atoms with Gasteiger partial charge in [0.05, 0.1) is 14.2 Å². The van der Waals surface area contributed by atoms with Crippen LogP contribution in [0.15, 0.2) is 0 Å². The Balaban J connectivity index is 2.72. The van der Waals surface area contributed by atoms with Gasteiger partial charge in [-0.1, -0.05) is 0 Å². The number of ether oxygens (including phenoxy) is 5. The number of aliphatic hydroxyl groups is 1. The molecule has 0 unspecified atom stereocenters. The molecule has 1 saturated heterocycles. The number of methoxy groups -OCH3 is 2. The van der Waals surface area contributed by atoms with Crippen LogP contribution in [0.25, 0.3) is 0 Å². The van der Waals surface area contributed by atoms with Gasteiger partial charge in [-0.3, -0.25) is 0 Å². The summed E-state index contributed by atoms with van der Waals surface area (Å²) < 4.78 is 36.7. The molecule has 0 aliphatic carbocycles. The molecule has 1 aliphatic rings. The van der Waals surface area contributed by atoms with Crippen LogP contribution in [0.1, 0.15) is 6.92 Å². The van der Waals surface area contributed by atoms with Crippen molar-refractivity contribution in [3.63, 3.8) is 0 Å². The second-order valence-corrected chi connectivity index (χ2v) is 3.94. The standard InChI is InChI=1S/C10H15FO8/c1-10(11)6(19-9(14)16-3)5(18-7(10)12)4-17-8(13)15-2/h5-7,12H,4H2,1-3H3/t5-,6-,7-,10-/m1/s1. The van der Waals surface area contributed by atoms with Crippen LogP contribution in [0.2, 0.25) is 0 Å². The summed E-state index contributed by atoms with van der Waals surface area (Å²) >= 11 is 0. The number of carbonyl (C=O) groups excluding carboxylic acids is 2. The average Bonchev–Trinajstić information content (AvgIpc) is 2.59. The number of halogens is 1. The Morgan fingerprint density at radius 2 is 1.89 bits per heavy atom. The van der Waals surface area contributed by atoms with E-state index in [-0.39, 0.29) is 0 Å². The highest BCUT2D eigenvalue weighted by Gasteiger charge is 2.57.